The van der Waals surface area contributed by atoms with E-state index in [1.165, 1.54) is 12.1 Å². The van der Waals surface area contributed by atoms with Crippen LogP contribution in [-0.2, 0) is 6.18 Å². The Hall–Kier alpha value is -1.54. The third-order valence-electron chi connectivity index (χ3n) is 2.12. The van der Waals surface area contributed by atoms with Gasteiger partial charge in [-0.25, -0.2) is 4.98 Å². The minimum absolute atomic E-state index is 0.0315. The highest BCUT2D eigenvalue weighted by molar-refractivity contribution is 6.58. The molecule has 0 atom stereocenters. The van der Waals surface area contributed by atoms with Gasteiger partial charge in [0, 0.05) is 6.20 Å². The van der Waals surface area contributed by atoms with Crippen molar-refractivity contribution in [1.82, 2.24) is 9.38 Å². The first-order chi connectivity index (χ1) is 7.39. The van der Waals surface area contributed by atoms with Crippen molar-refractivity contribution in [1.29, 1.82) is 0 Å². The Kier molecular flexibility index (Phi) is 2.40. The number of imidazole rings is 1. The standard InChI is InChI=1S/C8H6BF3N2O2/c10-8(11,12)6-3-13-7-2-1-5(9(15)16)4-14(6)7/h1-4,15-16H. The Labute approximate surface area is 88.1 Å². The lowest BCUT2D eigenvalue weighted by Crippen LogP contribution is -2.30. The maximum absolute atomic E-state index is 12.5. The van der Waals surface area contributed by atoms with Crippen LogP contribution < -0.4 is 5.46 Å². The fraction of sp³-hybridized carbons (Fsp3) is 0.125. The number of aromatic nitrogens is 2. The van der Waals surface area contributed by atoms with Crippen LogP contribution in [0.25, 0.3) is 5.65 Å². The Morgan fingerprint density at radius 1 is 1.25 bits per heavy atom. The zero-order valence-electron chi connectivity index (χ0n) is 7.81. The van der Waals surface area contributed by atoms with Crippen LogP contribution >= 0.6 is 0 Å². The van der Waals surface area contributed by atoms with Gasteiger partial charge in [-0.05, 0) is 11.5 Å². The number of pyridine rings is 1. The first kappa shape index (κ1) is 11.0. The van der Waals surface area contributed by atoms with E-state index < -0.39 is 19.0 Å². The highest BCUT2D eigenvalue weighted by atomic mass is 19.4. The van der Waals surface area contributed by atoms with Gasteiger partial charge in [-0.2, -0.15) is 13.2 Å². The highest BCUT2D eigenvalue weighted by Crippen LogP contribution is 2.29. The molecule has 0 bridgehead atoms. The zero-order valence-corrected chi connectivity index (χ0v) is 7.81. The van der Waals surface area contributed by atoms with E-state index in [0.717, 1.165) is 10.6 Å². The third kappa shape index (κ3) is 1.77. The van der Waals surface area contributed by atoms with Crippen molar-refractivity contribution in [2.75, 3.05) is 0 Å². The molecule has 0 aliphatic rings. The molecule has 16 heavy (non-hydrogen) atoms. The largest absolute Gasteiger partial charge is 0.489 e. The second kappa shape index (κ2) is 3.50. The Morgan fingerprint density at radius 2 is 1.94 bits per heavy atom. The maximum atomic E-state index is 12.5. The van der Waals surface area contributed by atoms with Crippen LogP contribution in [0.1, 0.15) is 5.69 Å². The predicted molar refractivity (Wildman–Crippen MR) is 50.0 cm³/mol. The molecule has 2 aromatic rings. The Morgan fingerprint density at radius 3 is 2.50 bits per heavy atom. The number of nitrogens with zero attached hydrogens (tertiary/aromatic N) is 2. The van der Waals surface area contributed by atoms with E-state index in [2.05, 4.69) is 4.98 Å². The molecule has 2 rings (SSSR count). The van der Waals surface area contributed by atoms with Crippen LogP contribution in [0, 0.1) is 0 Å². The molecule has 84 valence electrons. The maximum Gasteiger partial charge on any atom is 0.489 e. The Bertz CT molecular complexity index is 523. The molecule has 8 heteroatoms. The van der Waals surface area contributed by atoms with Gasteiger partial charge in [-0.1, -0.05) is 6.07 Å². The summed E-state index contributed by atoms with van der Waals surface area (Å²) in [5.74, 6) is 0. The van der Waals surface area contributed by atoms with Crippen molar-refractivity contribution in [3.63, 3.8) is 0 Å². The van der Waals surface area contributed by atoms with E-state index in [1.54, 1.807) is 0 Å². The molecule has 2 heterocycles. The summed E-state index contributed by atoms with van der Waals surface area (Å²) in [7, 11) is -1.81. The molecule has 2 aromatic heterocycles. The predicted octanol–water partition coefficient (Wildman–Crippen LogP) is 0.0329. The van der Waals surface area contributed by atoms with Crippen molar-refractivity contribution < 1.29 is 23.2 Å². The molecule has 0 spiro atoms. The first-order valence-electron chi connectivity index (χ1n) is 4.30. The van der Waals surface area contributed by atoms with Crippen molar-refractivity contribution in [3.05, 3.63) is 30.2 Å². The summed E-state index contributed by atoms with van der Waals surface area (Å²) < 4.78 is 38.3. The molecule has 0 aliphatic heterocycles. The van der Waals surface area contributed by atoms with Crippen LogP contribution in [0.15, 0.2) is 24.5 Å². The highest BCUT2D eigenvalue weighted by Gasteiger charge is 2.34. The van der Waals surface area contributed by atoms with E-state index in [1.807, 2.05) is 0 Å². The molecular formula is C8H6BF3N2O2. The van der Waals surface area contributed by atoms with Crippen LogP contribution in [0.3, 0.4) is 0 Å². The summed E-state index contributed by atoms with van der Waals surface area (Å²) in [6, 6.07) is 2.58. The normalized spacial score (nSPS) is 12.1. The molecule has 0 fully saturated rings. The molecular weight excluding hydrogens is 224 g/mol. The lowest BCUT2D eigenvalue weighted by molar-refractivity contribution is -0.141. The van der Waals surface area contributed by atoms with Gasteiger partial charge in [0.2, 0.25) is 0 Å². The van der Waals surface area contributed by atoms with Crippen LogP contribution in [0.5, 0.6) is 0 Å². The smallest absolute Gasteiger partial charge is 0.423 e. The minimum atomic E-state index is -4.53. The van der Waals surface area contributed by atoms with Gasteiger partial charge >= 0.3 is 13.3 Å². The topological polar surface area (TPSA) is 57.8 Å². The van der Waals surface area contributed by atoms with Gasteiger partial charge in [-0.3, -0.25) is 4.40 Å². The van der Waals surface area contributed by atoms with Crippen LogP contribution in [0.4, 0.5) is 13.2 Å². The summed E-state index contributed by atoms with van der Waals surface area (Å²) in [4.78, 5) is 3.57. The van der Waals surface area contributed by atoms with E-state index in [-0.39, 0.29) is 11.1 Å². The van der Waals surface area contributed by atoms with Crippen molar-refractivity contribution in [2.45, 2.75) is 6.18 Å². The average molecular weight is 230 g/mol. The molecule has 0 aliphatic carbocycles. The summed E-state index contributed by atoms with van der Waals surface area (Å²) in [6.07, 6.45) is -2.84. The SMILES string of the molecule is OB(O)c1ccc2ncc(C(F)(F)F)n2c1. The molecule has 0 radical (unpaired) electrons. The zero-order chi connectivity index (χ0) is 11.9. The molecule has 4 nitrogen and oxygen atoms in total. The molecule has 0 amide bonds. The minimum Gasteiger partial charge on any atom is -0.423 e. The van der Waals surface area contributed by atoms with Gasteiger partial charge in [0.15, 0.2) is 0 Å². The number of fused-ring (bicyclic) bond motifs is 1. The lowest BCUT2D eigenvalue weighted by Gasteiger charge is -2.07. The lowest BCUT2D eigenvalue weighted by atomic mass is 9.82. The van der Waals surface area contributed by atoms with E-state index in [9.17, 15) is 13.2 Å². The Balaban J connectivity index is 2.65. The van der Waals surface area contributed by atoms with Crippen molar-refractivity contribution in [2.24, 2.45) is 0 Å². The van der Waals surface area contributed by atoms with Crippen molar-refractivity contribution in [3.8, 4) is 0 Å². The first-order valence-corrected chi connectivity index (χ1v) is 4.30. The summed E-state index contributed by atoms with van der Waals surface area (Å²) in [6.45, 7) is 0. The molecule has 0 saturated carbocycles. The molecule has 0 saturated heterocycles. The fourth-order valence-corrected chi connectivity index (χ4v) is 1.36. The molecule has 2 N–H and O–H groups in total. The second-order valence-electron chi connectivity index (χ2n) is 3.21. The monoisotopic (exact) mass is 230 g/mol. The van der Waals surface area contributed by atoms with Gasteiger partial charge in [0.05, 0.1) is 6.20 Å². The van der Waals surface area contributed by atoms with Gasteiger partial charge in [0.1, 0.15) is 11.3 Å². The quantitative estimate of drug-likeness (QED) is 0.679. The average Bonchev–Trinajstić information content (AvgIpc) is 2.58. The van der Waals surface area contributed by atoms with Gasteiger partial charge in [-0.15, -0.1) is 0 Å². The number of halogens is 3. The van der Waals surface area contributed by atoms with Crippen LogP contribution in [0.2, 0.25) is 0 Å². The van der Waals surface area contributed by atoms with Crippen molar-refractivity contribution >= 4 is 18.2 Å². The van der Waals surface area contributed by atoms with Crippen LogP contribution in [-0.4, -0.2) is 26.6 Å². The molecule has 0 aromatic carbocycles. The fourth-order valence-electron chi connectivity index (χ4n) is 1.36. The number of rotatable bonds is 1. The van der Waals surface area contributed by atoms with E-state index >= 15 is 0 Å². The third-order valence-corrected chi connectivity index (χ3v) is 2.12. The van der Waals surface area contributed by atoms with E-state index in [4.69, 9.17) is 10.0 Å². The number of alkyl halides is 3. The second-order valence-corrected chi connectivity index (χ2v) is 3.21. The van der Waals surface area contributed by atoms with Gasteiger partial charge in [0.25, 0.3) is 0 Å². The number of hydrogen-bond acceptors (Lipinski definition) is 3. The molecule has 0 unspecified atom stereocenters. The summed E-state index contributed by atoms with van der Waals surface area (Å²) in [5.41, 5.74) is -0.891. The van der Waals surface area contributed by atoms with Gasteiger partial charge < -0.3 is 10.0 Å². The summed E-state index contributed by atoms with van der Waals surface area (Å²) in [5, 5.41) is 17.7. The van der Waals surface area contributed by atoms with E-state index in [0.29, 0.717) is 6.20 Å². The number of hydrogen-bond donors (Lipinski definition) is 2. The summed E-state index contributed by atoms with van der Waals surface area (Å²) >= 11 is 0.